The Morgan fingerprint density at radius 1 is 1.40 bits per heavy atom. The molecule has 0 aliphatic carbocycles. The van der Waals surface area contributed by atoms with Crippen molar-refractivity contribution >= 4 is 10.2 Å². The van der Waals surface area contributed by atoms with E-state index >= 15 is 0 Å². The predicted molar refractivity (Wildman–Crippen MR) is 78.6 cm³/mol. The average Bonchev–Trinajstić information content (AvgIpc) is 2.31. The molecule has 20 heavy (non-hydrogen) atoms. The van der Waals surface area contributed by atoms with Crippen molar-refractivity contribution in [1.82, 2.24) is 8.61 Å². The predicted octanol–water partition coefficient (Wildman–Crippen LogP) is 0.679. The summed E-state index contributed by atoms with van der Waals surface area (Å²) in [6, 6.07) is -0.657. The highest BCUT2D eigenvalue weighted by molar-refractivity contribution is 7.86. The number of hydrogen-bond acceptors (Lipinski definition) is 4. The van der Waals surface area contributed by atoms with Crippen molar-refractivity contribution in [2.75, 3.05) is 26.8 Å². The van der Waals surface area contributed by atoms with Gasteiger partial charge in [-0.25, -0.2) is 0 Å². The van der Waals surface area contributed by atoms with Crippen molar-refractivity contribution in [2.24, 2.45) is 5.41 Å². The zero-order valence-electron chi connectivity index (χ0n) is 13.3. The van der Waals surface area contributed by atoms with Crippen LogP contribution in [0.5, 0.6) is 0 Å². The van der Waals surface area contributed by atoms with Crippen LogP contribution in [0.1, 0.15) is 34.6 Å². The van der Waals surface area contributed by atoms with E-state index in [0.29, 0.717) is 13.2 Å². The van der Waals surface area contributed by atoms with E-state index in [1.165, 1.54) is 15.7 Å². The molecule has 7 heteroatoms. The van der Waals surface area contributed by atoms with Gasteiger partial charge in [-0.2, -0.15) is 17.0 Å². The minimum atomic E-state index is -3.61. The van der Waals surface area contributed by atoms with Crippen LogP contribution >= 0.6 is 0 Å². The molecule has 0 saturated carbocycles. The van der Waals surface area contributed by atoms with Crippen LogP contribution in [0.3, 0.4) is 0 Å². The minimum Gasteiger partial charge on any atom is -0.395 e. The highest BCUT2D eigenvalue weighted by Gasteiger charge is 2.41. The molecule has 3 atom stereocenters. The van der Waals surface area contributed by atoms with E-state index in [1.807, 2.05) is 34.6 Å². The van der Waals surface area contributed by atoms with Gasteiger partial charge in [-0.1, -0.05) is 20.8 Å². The minimum absolute atomic E-state index is 0.114. The summed E-state index contributed by atoms with van der Waals surface area (Å²) < 4.78 is 33.8. The van der Waals surface area contributed by atoms with Gasteiger partial charge >= 0.3 is 0 Å². The molecule has 6 nitrogen and oxygen atoms in total. The molecule has 0 unspecified atom stereocenters. The van der Waals surface area contributed by atoms with Gasteiger partial charge in [-0.3, -0.25) is 0 Å². The first-order valence-electron chi connectivity index (χ1n) is 6.99. The number of aliphatic hydroxyl groups is 1. The van der Waals surface area contributed by atoms with Crippen LogP contribution in [0.15, 0.2) is 0 Å². The Morgan fingerprint density at radius 2 is 1.95 bits per heavy atom. The van der Waals surface area contributed by atoms with Crippen molar-refractivity contribution < 1.29 is 18.3 Å². The second-order valence-electron chi connectivity index (χ2n) is 6.65. The molecular formula is C13H28N2O4S. The third kappa shape index (κ3) is 3.71. The Bertz CT molecular complexity index is 419. The molecule has 1 fully saturated rings. The van der Waals surface area contributed by atoms with Crippen molar-refractivity contribution in [3.8, 4) is 0 Å². The van der Waals surface area contributed by atoms with Crippen molar-refractivity contribution in [2.45, 2.75) is 52.8 Å². The monoisotopic (exact) mass is 308 g/mol. The zero-order chi connectivity index (χ0) is 15.7. The zero-order valence-corrected chi connectivity index (χ0v) is 14.1. The molecule has 1 aliphatic rings. The van der Waals surface area contributed by atoms with Crippen LogP contribution < -0.4 is 0 Å². The van der Waals surface area contributed by atoms with Crippen LogP contribution in [0.25, 0.3) is 0 Å². The summed E-state index contributed by atoms with van der Waals surface area (Å²) >= 11 is 0. The van der Waals surface area contributed by atoms with Crippen LogP contribution in [-0.4, -0.2) is 67.1 Å². The van der Waals surface area contributed by atoms with Crippen LogP contribution in [0.2, 0.25) is 0 Å². The van der Waals surface area contributed by atoms with Crippen LogP contribution in [0, 0.1) is 5.41 Å². The lowest BCUT2D eigenvalue weighted by Crippen LogP contribution is -2.58. The number of nitrogens with zero attached hydrogens (tertiary/aromatic N) is 2. The summed E-state index contributed by atoms with van der Waals surface area (Å²) in [4.78, 5) is 0. The summed E-state index contributed by atoms with van der Waals surface area (Å²) in [7, 11) is -2.08. The molecule has 0 aromatic rings. The lowest BCUT2D eigenvalue weighted by atomic mass is 9.87. The van der Waals surface area contributed by atoms with Gasteiger partial charge in [0, 0.05) is 19.6 Å². The lowest BCUT2D eigenvalue weighted by molar-refractivity contribution is -0.0204. The molecule has 1 rings (SSSR count). The van der Waals surface area contributed by atoms with Crippen LogP contribution in [0.4, 0.5) is 0 Å². The second kappa shape index (κ2) is 6.27. The summed E-state index contributed by atoms with van der Waals surface area (Å²) in [6.45, 7) is 10.0. The molecule has 1 saturated heterocycles. The molecule has 120 valence electrons. The number of ether oxygens (including phenoxy) is 1. The summed E-state index contributed by atoms with van der Waals surface area (Å²) in [5.41, 5.74) is -0.336. The smallest absolute Gasteiger partial charge is 0.282 e. The van der Waals surface area contributed by atoms with E-state index in [1.54, 1.807) is 0 Å². The molecule has 0 bridgehead atoms. The second-order valence-corrected chi connectivity index (χ2v) is 8.59. The van der Waals surface area contributed by atoms with Gasteiger partial charge in [0.15, 0.2) is 0 Å². The summed E-state index contributed by atoms with van der Waals surface area (Å²) in [6.07, 6.45) is -0.114. The average molecular weight is 308 g/mol. The first-order chi connectivity index (χ1) is 9.01. The Hall–Kier alpha value is -0.210. The van der Waals surface area contributed by atoms with E-state index in [0.717, 1.165) is 0 Å². The molecule has 1 N–H and O–H groups in total. The molecule has 0 aromatic carbocycles. The molecule has 0 radical (unpaired) electrons. The molecule has 0 amide bonds. The number of hydrogen-bond donors (Lipinski definition) is 1. The van der Waals surface area contributed by atoms with Crippen molar-refractivity contribution in [3.63, 3.8) is 0 Å². The van der Waals surface area contributed by atoms with Gasteiger partial charge in [0.2, 0.25) is 0 Å². The molecular weight excluding hydrogens is 280 g/mol. The fourth-order valence-corrected chi connectivity index (χ4v) is 4.40. The molecule has 0 spiro atoms. The maximum Gasteiger partial charge on any atom is 0.282 e. The molecule has 1 aliphatic heterocycles. The van der Waals surface area contributed by atoms with Gasteiger partial charge in [-0.15, -0.1) is 0 Å². The van der Waals surface area contributed by atoms with Gasteiger partial charge in [0.05, 0.1) is 25.4 Å². The fourth-order valence-electron chi connectivity index (χ4n) is 2.45. The van der Waals surface area contributed by atoms with E-state index in [9.17, 15) is 13.5 Å². The maximum absolute atomic E-state index is 12.8. The number of rotatable bonds is 4. The molecule has 0 aromatic heterocycles. The Balaban J connectivity index is 3.02. The largest absolute Gasteiger partial charge is 0.395 e. The van der Waals surface area contributed by atoms with Gasteiger partial charge in [0.1, 0.15) is 0 Å². The number of morpholine rings is 1. The normalized spacial score (nSPS) is 27.8. The Morgan fingerprint density at radius 3 is 2.40 bits per heavy atom. The van der Waals surface area contributed by atoms with E-state index in [-0.39, 0.29) is 24.2 Å². The van der Waals surface area contributed by atoms with Gasteiger partial charge in [0.25, 0.3) is 10.2 Å². The maximum atomic E-state index is 12.8. The topological polar surface area (TPSA) is 70.1 Å². The summed E-state index contributed by atoms with van der Waals surface area (Å²) in [5, 5.41) is 9.56. The number of likely N-dealkylation sites (N-methyl/N-ethyl adjacent to an activating group) is 1. The lowest BCUT2D eigenvalue weighted by Gasteiger charge is -2.42. The Labute approximate surface area is 122 Å². The van der Waals surface area contributed by atoms with E-state index in [4.69, 9.17) is 4.74 Å². The van der Waals surface area contributed by atoms with Crippen molar-refractivity contribution in [3.05, 3.63) is 0 Å². The first kappa shape index (κ1) is 17.8. The van der Waals surface area contributed by atoms with Crippen LogP contribution in [-0.2, 0) is 14.9 Å². The third-order valence-corrected chi connectivity index (χ3v) is 5.91. The Kier molecular flexibility index (Phi) is 5.60. The van der Waals surface area contributed by atoms with Gasteiger partial charge in [-0.05, 0) is 19.3 Å². The summed E-state index contributed by atoms with van der Waals surface area (Å²) in [5.74, 6) is 0. The number of aliphatic hydroxyl groups excluding tert-OH is 1. The van der Waals surface area contributed by atoms with Gasteiger partial charge < -0.3 is 9.84 Å². The highest BCUT2D eigenvalue weighted by Crippen LogP contribution is 2.28. The molecule has 1 heterocycles. The van der Waals surface area contributed by atoms with Crippen molar-refractivity contribution in [1.29, 1.82) is 0 Å². The first-order valence-corrected chi connectivity index (χ1v) is 8.38. The SMILES string of the molecule is C[C@@H]1CN(S(=O)(=O)N(C)[C@H](CO)C(C)(C)C)[C@H](C)CO1. The van der Waals surface area contributed by atoms with E-state index in [2.05, 4.69) is 0 Å². The highest BCUT2D eigenvalue weighted by atomic mass is 32.2. The fraction of sp³-hybridized carbons (Fsp3) is 1.00. The van der Waals surface area contributed by atoms with E-state index < -0.39 is 16.3 Å². The third-order valence-electron chi connectivity index (χ3n) is 3.82. The quantitative estimate of drug-likeness (QED) is 0.829. The standard InChI is InChI=1S/C13H28N2O4S/c1-10-9-19-11(2)7-15(10)20(17,18)14(6)12(8-16)13(3,4)5/h10-12,16H,7-9H2,1-6H3/t10-,11-,12-/m1/s1.